The molecule has 0 atom stereocenters. The van der Waals surface area contributed by atoms with Crippen molar-refractivity contribution in [2.75, 3.05) is 13.7 Å². The number of nitrogens with one attached hydrogen (secondary N) is 1. The molecule has 0 aromatic heterocycles. The van der Waals surface area contributed by atoms with Gasteiger partial charge in [0.25, 0.3) is 0 Å². The molecule has 0 aliphatic carbocycles. The van der Waals surface area contributed by atoms with E-state index in [1.54, 1.807) is 7.11 Å². The Labute approximate surface area is 130 Å². The Kier molecular flexibility index (Phi) is 5.90. The largest absolute Gasteiger partial charge is 0.493 e. The molecule has 4 heteroatoms. The lowest BCUT2D eigenvalue weighted by Crippen LogP contribution is -2.14. The predicted octanol–water partition coefficient (Wildman–Crippen LogP) is 4.04. The molecular formula is C17H20ClNO2. The minimum Gasteiger partial charge on any atom is -0.493 e. The normalized spacial score (nSPS) is 10.4. The van der Waals surface area contributed by atoms with Crippen LogP contribution in [-0.4, -0.2) is 13.7 Å². The number of ether oxygens (including phenoxy) is 2. The molecule has 0 saturated heterocycles. The van der Waals surface area contributed by atoms with Crippen molar-refractivity contribution in [3.8, 4) is 11.5 Å². The second kappa shape index (κ2) is 7.91. The van der Waals surface area contributed by atoms with Crippen LogP contribution in [0, 0.1) is 0 Å². The van der Waals surface area contributed by atoms with Crippen molar-refractivity contribution in [2.45, 2.75) is 20.0 Å². The van der Waals surface area contributed by atoms with Crippen LogP contribution in [0.25, 0.3) is 0 Å². The predicted molar refractivity (Wildman–Crippen MR) is 86.2 cm³/mol. The van der Waals surface area contributed by atoms with E-state index in [0.717, 1.165) is 27.6 Å². The molecule has 2 aromatic carbocycles. The summed E-state index contributed by atoms with van der Waals surface area (Å²) in [6.45, 7) is 3.98. The summed E-state index contributed by atoms with van der Waals surface area (Å²) in [5, 5.41) is 4.17. The number of benzene rings is 2. The number of hydrogen-bond acceptors (Lipinski definition) is 3. The molecule has 0 fully saturated rings. The summed E-state index contributed by atoms with van der Waals surface area (Å²) >= 11 is 6.15. The lowest BCUT2D eigenvalue weighted by atomic mass is 10.1. The number of para-hydroxylation sites is 1. The van der Waals surface area contributed by atoms with Gasteiger partial charge in [0.2, 0.25) is 0 Å². The fourth-order valence-electron chi connectivity index (χ4n) is 2.14. The van der Waals surface area contributed by atoms with Gasteiger partial charge in [0.1, 0.15) is 0 Å². The molecule has 0 bridgehead atoms. The zero-order chi connectivity index (χ0) is 15.1. The number of methoxy groups -OCH3 is 1. The second-order valence-electron chi connectivity index (χ2n) is 4.58. The monoisotopic (exact) mass is 305 g/mol. The maximum atomic E-state index is 6.15. The van der Waals surface area contributed by atoms with Crippen LogP contribution in [0.5, 0.6) is 11.5 Å². The Morgan fingerprint density at radius 2 is 1.71 bits per heavy atom. The molecule has 0 amide bonds. The van der Waals surface area contributed by atoms with Crippen molar-refractivity contribution in [1.82, 2.24) is 5.32 Å². The van der Waals surface area contributed by atoms with Crippen LogP contribution in [0.2, 0.25) is 5.02 Å². The van der Waals surface area contributed by atoms with E-state index in [1.807, 2.05) is 49.4 Å². The molecule has 0 aliphatic rings. The summed E-state index contributed by atoms with van der Waals surface area (Å²) < 4.78 is 11.0. The van der Waals surface area contributed by atoms with Gasteiger partial charge in [-0.1, -0.05) is 41.9 Å². The smallest absolute Gasteiger partial charge is 0.165 e. The highest BCUT2D eigenvalue weighted by Crippen LogP contribution is 2.31. The highest BCUT2D eigenvalue weighted by Gasteiger charge is 2.09. The first kappa shape index (κ1) is 15.7. The van der Waals surface area contributed by atoms with E-state index in [2.05, 4.69) is 5.32 Å². The van der Waals surface area contributed by atoms with Crippen LogP contribution < -0.4 is 14.8 Å². The Morgan fingerprint density at radius 1 is 1.00 bits per heavy atom. The van der Waals surface area contributed by atoms with Gasteiger partial charge in [-0.25, -0.2) is 0 Å². The molecular weight excluding hydrogens is 286 g/mol. The topological polar surface area (TPSA) is 30.5 Å². The molecule has 0 heterocycles. The highest BCUT2D eigenvalue weighted by molar-refractivity contribution is 6.31. The fraction of sp³-hybridized carbons (Fsp3) is 0.294. The zero-order valence-corrected chi connectivity index (χ0v) is 13.1. The molecule has 0 radical (unpaired) electrons. The first-order valence-electron chi connectivity index (χ1n) is 6.99. The second-order valence-corrected chi connectivity index (χ2v) is 4.98. The van der Waals surface area contributed by atoms with Gasteiger partial charge >= 0.3 is 0 Å². The Morgan fingerprint density at radius 3 is 2.43 bits per heavy atom. The third-order valence-electron chi connectivity index (χ3n) is 3.16. The van der Waals surface area contributed by atoms with Crippen LogP contribution in [0.15, 0.2) is 42.5 Å². The van der Waals surface area contributed by atoms with Gasteiger partial charge in [0.05, 0.1) is 13.7 Å². The number of halogens is 1. The van der Waals surface area contributed by atoms with E-state index in [0.29, 0.717) is 19.7 Å². The van der Waals surface area contributed by atoms with Gasteiger partial charge in [-0.05, 0) is 24.6 Å². The minimum absolute atomic E-state index is 0.609. The molecule has 112 valence electrons. The van der Waals surface area contributed by atoms with Crippen molar-refractivity contribution in [2.24, 2.45) is 0 Å². The van der Waals surface area contributed by atoms with E-state index in [9.17, 15) is 0 Å². The number of rotatable bonds is 7. The van der Waals surface area contributed by atoms with Crippen molar-refractivity contribution >= 4 is 11.6 Å². The summed E-state index contributed by atoms with van der Waals surface area (Å²) in [6.07, 6.45) is 0. The van der Waals surface area contributed by atoms with Gasteiger partial charge in [0, 0.05) is 23.7 Å². The molecule has 21 heavy (non-hydrogen) atoms. The van der Waals surface area contributed by atoms with Gasteiger partial charge in [0.15, 0.2) is 11.5 Å². The zero-order valence-electron chi connectivity index (χ0n) is 12.4. The van der Waals surface area contributed by atoms with E-state index in [1.165, 1.54) is 0 Å². The highest BCUT2D eigenvalue weighted by atomic mass is 35.5. The summed E-state index contributed by atoms with van der Waals surface area (Å²) in [7, 11) is 1.65. The lowest BCUT2D eigenvalue weighted by Gasteiger charge is -2.14. The Hall–Kier alpha value is -1.71. The summed E-state index contributed by atoms with van der Waals surface area (Å²) in [5.74, 6) is 1.56. The van der Waals surface area contributed by atoms with E-state index in [-0.39, 0.29) is 0 Å². The maximum absolute atomic E-state index is 6.15. The summed E-state index contributed by atoms with van der Waals surface area (Å²) in [5.41, 5.74) is 2.16. The third kappa shape index (κ3) is 4.13. The Balaban J connectivity index is 2.04. The van der Waals surface area contributed by atoms with E-state index < -0.39 is 0 Å². The average Bonchev–Trinajstić information content (AvgIpc) is 2.51. The van der Waals surface area contributed by atoms with Crippen molar-refractivity contribution in [3.05, 3.63) is 58.6 Å². The van der Waals surface area contributed by atoms with Gasteiger partial charge < -0.3 is 14.8 Å². The standard InChI is InChI=1S/C17H20ClNO2/c1-3-21-17-14(8-6-10-16(17)20-2)12-19-11-13-7-4-5-9-15(13)18/h4-10,19H,3,11-12H2,1-2H3. The quantitative estimate of drug-likeness (QED) is 0.837. The summed E-state index contributed by atoms with van der Waals surface area (Å²) in [4.78, 5) is 0. The molecule has 1 N–H and O–H groups in total. The molecule has 0 aliphatic heterocycles. The molecule has 0 saturated carbocycles. The molecule has 0 spiro atoms. The van der Waals surface area contributed by atoms with Crippen molar-refractivity contribution < 1.29 is 9.47 Å². The summed E-state index contributed by atoms with van der Waals surface area (Å²) in [6, 6.07) is 13.7. The molecule has 2 aromatic rings. The Bertz CT molecular complexity index is 587. The number of hydrogen-bond donors (Lipinski definition) is 1. The van der Waals surface area contributed by atoms with Crippen LogP contribution in [-0.2, 0) is 13.1 Å². The van der Waals surface area contributed by atoms with Crippen molar-refractivity contribution in [1.29, 1.82) is 0 Å². The average molecular weight is 306 g/mol. The molecule has 2 rings (SSSR count). The minimum atomic E-state index is 0.609. The fourth-order valence-corrected chi connectivity index (χ4v) is 2.35. The van der Waals surface area contributed by atoms with Crippen molar-refractivity contribution in [3.63, 3.8) is 0 Å². The lowest BCUT2D eigenvalue weighted by molar-refractivity contribution is 0.306. The van der Waals surface area contributed by atoms with Gasteiger partial charge in [-0.15, -0.1) is 0 Å². The molecule has 3 nitrogen and oxygen atoms in total. The van der Waals surface area contributed by atoms with Crippen LogP contribution in [0.4, 0.5) is 0 Å². The van der Waals surface area contributed by atoms with Gasteiger partial charge in [-0.2, -0.15) is 0 Å². The van der Waals surface area contributed by atoms with E-state index >= 15 is 0 Å². The maximum Gasteiger partial charge on any atom is 0.165 e. The first-order valence-corrected chi connectivity index (χ1v) is 7.36. The molecule has 0 unspecified atom stereocenters. The van der Waals surface area contributed by atoms with Gasteiger partial charge in [-0.3, -0.25) is 0 Å². The SMILES string of the molecule is CCOc1c(CNCc2ccccc2Cl)cccc1OC. The van der Waals surface area contributed by atoms with Crippen LogP contribution in [0.3, 0.4) is 0 Å². The van der Waals surface area contributed by atoms with E-state index in [4.69, 9.17) is 21.1 Å². The third-order valence-corrected chi connectivity index (χ3v) is 3.53. The van der Waals surface area contributed by atoms with Crippen LogP contribution >= 0.6 is 11.6 Å². The first-order chi connectivity index (χ1) is 10.3. The van der Waals surface area contributed by atoms with Crippen LogP contribution in [0.1, 0.15) is 18.1 Å².